The van der Waals surface area contributed by atoms with Gasteiger partial charge in [0.2, 0.25) is 0 Å². The third-order valence-electron chi connectivity index (χ3n) is 2.43. The van der Waals surface area contributed by atoms with Crippen LogP contribution in [0.4, 0.5) is 10.9 Å². The molecule has 6 nitrogen and oxygen atoms in total. The van der Waals surface area contributed by atoms with Crippen LogP contribution in [0.1, 0.15) is 50.2 Å². The first kappa shape index (κ1) is 16.7. The van der Waals surface area contributed by atoms with Crippen molar-refractivity contribution in [1.82, 2.24) is 10.3 Å². The molecule has 0 aliphatic heterocycles. The van der Waals surface area contributed by atoms with Crippen molar-refractivity contribution in [2.75, 3.05) is 17.6 Å². The quantitative estimate of drug-likeness (QED) is 0.601. The summed E-state index contributed by atoms with van der Waals surface area (Å²) in [5.41, 5.74) is 5.64. The molecule has 1 atom stereocenters. The molecule has 5 N–H and O–H groups in total. The van der Waals surface area contributed by atoms with E-state index in [0.717, 1.165) is 6.42 Å². The maximum atomic E-state index is 12.0. The molecule has 0 aliphatic carbocycles. The smallest absolute Gasteiger partial charge is 0.265 e. The number of carbonyl (C=O) groups is 1. The van der Waals surface area contributed by atoms with E-state index in [0.29, 0.717) is 23.0 Å². The Bertz CT molecular complexity index is 452. The Hall–Kier alpha value is -1.34. The second-order valence-electron chi connectivity index (χ2n) is 5.86. The van der Waals surface area contributed by atoms with Crippen LogP contribution in [-0.4, -0.2) is 34.2 Å². The Kier molecular flexibility index (Phi) is 5.76. The molecule has 7 heteroatoms. The number of rotatable bonds is 6. The average molecular weight is 300 g/mol. The van der Waals surface area contributed by atoms with Crippen molar-refractivity contribution in [3.05, 3.63) is 4.88 Å². The zero-order chi connectivity index (χ0) is 15.3. The molecule has 1 aromatic rings. The van der Waals surface area contributed by atoms with Gasteiger partial charge in [0.05, 0.1) is 6.10 Å². The molecule has 0 radical (unpaired) electrons. The molecule has 114 valence electrons. The third kappa shape index (κ3) is 5.75. The lowest BCUT2D eigenvalue weighted by Crippen LogP contribution is -2.25. The fourth-order valence-corrected chi connectivity index (χ4v) is 2.56. The highest BCUT2D eigenvalue weighted by atomic mass is 32.1. The second-order valence-corrected chi connectivity index (χ2v) is 6.85. The van der Waals surface area contributed by atoms with Crippen LogP contribution < -0.4 is 16.4 Å². The minimum atomic E-state index is -0.344. The van der Waals surface area contributed by atoms with Crippen LogP contribution in [0.15, 0.2) is 0 Å². The Balaban J connectivity index is 2.56. The Morgan fingerprint density at radius 1 is 1.50 bits per heavy atom. The third-order valence-corrected chi connectivity index (χ3v) is 3.41. The number of carbonyl (C=O) groups excluding carboxylic acids is 1. The van der Waals surface area contributed by atoms with E-state index >= 15 is 0 Å². The molecule has 1 amide bonds. The van der Waals surface area contributed by atoms with Gasteiger partial charge in [0.1, 0.15) is 10.7 Å². The minimum absolute atomic E-state index is 0.130. The number of anilines is 2. The summed E-state index contributed by atoms with van der Waals surface area (Å²) in [7, 11) is 0. The maximum absolute atomic E-state index is 12.0. The van der Waals surface area contributed by atoms with Crippen LogP contribution >= 0.6 is 11.3 Å². The first-order valence-electron chi connectivity index (χ1n) is 6.70. The Morgan fingerprint density at radius 2 is 2.15 bits per heavy atom. The normalized spacial score (nSPS) is 13.1. The molecular weight excluding hydrogens is 276 g/mol. The molecule has 0 fully saturated rings. The summed E-state index contributed by atoms with van der Waals surface area (Å²) >= 11 is 1.25. The van der Waals surface area contributed by atoms with E-state index in [2.05, 4.69) is 15.6 Å². The molecule has 0 aromatic carbocycles. The molecular formula is C13H24N4O2S. The van der Waals surface area contributed by atoms with Crippen molar-refractivity contribution < 1.29 is 9.90 Å². The van der Waals surface area contributed by atoms with Gasteiger partial charge in [-0.25, -0.2) is 4.98 Å². The van der Waals surface area contributed by atoms with Crippen LogP contribution in [0.3, 0.4) is 0 Å². The number of aliphatic hydroxyl groups excluding tert-OH is 1. The number of hydrogen-bond donors (Lipinski definition) is 4. The fraction of sp³-hybridized carbons (Fsp3) is 0.692. The number of amides is 1. The largest absolute Gasteiger partial charge is 0.393 e. The monoisotopic (exact) mass is 300 g/mol. The lowest BCUT2D eigenvalue weighted by Gasteiger charge is -2.19. The summed E-state index contributed by atoms with van der Waals surface area (Å²) in [4.78, 5) is 16.6. The lowest BCUT2D eigenvalue weighted by atomic mass is 10.1. The summed E-state index contributed by atoms with van der Waals surface area (Å²) in [5, 5.41) is 15.8. The number of nitrogens with one attached hydrogen (secondary N) is 2. The van der Waals surface area contributed by atoms with Crippen molar-refractivity contribution in [2.45, 2.75) is 52.2 Å². The van der Waals surface area contributed by atoms with Crippen LogP contribution in [0.25, 0.3) is 0 Å². The highest BCUT2D eigenvalue weighted by Gasteiger charge is 2.18. The maximum Gasteiger partial charge on any atom is 0.265 e. The number of thiazole rings is 1. The number of aliphatic hydroxyl groups is 1. The average Bonchev–Trinajstić information content (AvgIpc) is 2.62. The van der Waals surface area contributed by atoms with Gasteiger partial charge in [-0.1, -0.05) is 11.3 Å². The standard InChI is InChI=1S/C13H24N4O2S/c1-8(18)6-5-7-15-11(19)9-10(14)16-12(20-9)17-13(2,3)4/h8,18H,5-7,14H2,1-4H3,(H,15,19)(H,16,17). The number of nitrogens with two attached hydrogens (primary N) is 1. The first-order valence-corrected chi connectivity index (χ1v) is 7.51. The van der Waals surface area contributed by atoms with Gasteiger partial charge >= 0.3 is 0 Å². The van der Waals surface area contributed by atoms with Crippen LogP contribution in [0, 0.1) is 0 Å². The second kappa shape index (κ2) is 6.90. The number of nitrogen functional groups attached to an aromatic ring is 1. The summed E-state index contributed by atoms with van der Waals surface area (Å²) < 4.78 is 0. The molecule has 0 bridgehead atoms. The number of aromatic nitrogens is 1. The SMILES string of the molecule is CC(O)CCCNC(=O)c1sc(NC(C)(C)C)nc1N. The predicted molar refractivity (Wildman–Crippen MR) is 83.2 cm³/mol. The molecule has 0 spiro atoms. The van der Waals surface area contributed by atoms with Crippen molar-refractivity contribution in [3.63, 3.8) is 0 Å². The van der Waals surface area contributed by atoms with E-state index in [1.807, 2.05) is 20.8 Å². The Morgan fingerprint density at radius 3 is 2.70 bits per heavy atom. The first-order chi connectivity index (χ1) is 9.19. The summed E-state index contributed by atoms with van der Waals surface area (Å²) in [6, 6.07) is 0. The molecule has 1 rings (SSSR count). The van der Waals surface area contributed by atoms with Gasteiger partial charge in [0, 0.05) is 12.1 Å². The van der Waals surface area contributed by atoms with E-state index in [4.69, 9.17) is 10.8 Å². The van der Waals surface area contributed by atoms with Gasteiger partial charge in [-0.15, -0.1) is 0 Å². The van der Waals surface area contributed by atoms with Crippen molar-refractivity contribution >= 4 is 28.2 Å². The van der Waals surface area contributed by atoms with Crippen molar-refractivity contribution in [2.24, 2.45) is 0 Å². The molecule has 20 heavy (non-hydrogen) atoms. The van der Waals surface area contributed by atoms with E-state index in [1.165, 1.54) is 11.3 Å². The van der Waals surface area contributed by atoms with Gasteiger partial charge in [0.25, 0.3) is 5.91 Å². The summed E-state index contributed by atoms with van der Waals surface area (Å²) in [6.07, 6.45) is 1.05. The topological polar surface area (TPSA) is 100 Å². The van der Waals surface area contributed by atoms with Gasteiger partial charge in [-0.3, -0.25) is 4.79 Å². The zero-order valence-corrected chi connectivity index (χ0v) is 13.3. The van der Waals surface area contributed by atoms with Gasteiger partial charge in [-0.2, -0.15) is 0 Å². The minimum Gasteiger partial charge on any atom is -0.393 e. The predicted octanol–water partition coefficient (Wildman–Crippen LogP) is 1.83. The van der Waals surface area contributed by atoms with Crippen LogP contribution in [0.5, 0.6) is 0 Å². The van der Waals surface area contributed by atoms with E-state index in [9.17, 15) is 4.79 Å². The van der Waals surface area contributed by atoms with Crippen LogP contribution in [0.2, 0.25) is 0 Å². The lowest BCUT2D eigenvalue weighted by molar-refractivity contribution is 0.0954. The zero-order valence-electron chi connectivity index (χ0n) is 12.5. The summed E-state index contributed by atoms with van der Waals surface area (Å²) in [6.45, 7) is 8.29. The Labute approximate surface area is 123 Å². The molecule has 1 heterocycles. The van der Waals surface area contributed by atoms with Crippen LogP contribution in [-0.2, 0) is 0 Å². The van der Waals surface area contributed by atoms with E-state index < -0.39 is 0 Å². The molecule has 0 saturated heterocycles. The van der Waals surface area contributed by atoms with Crippen molar-refractivity contribution in [3.8, 4) is 0 Å². The van der Waals surface area contributed by atoms with Gasteiger partial charge < -0.3 is 21.5 Å². The highest BCUT2D eigenvalue weighted by Crippen LogP contribution is 2.27. The molecule has 1 aromatic heterocycles. The number of nitrogens with zero attached hydrogens (tertiary/aromatic N) is 1. The van der Waals surface area contributed by atoms with Crippen molar-refractivity contribution in [1.29, 1.82) is 0 Å². The molecule has 0 aliphatic rings. The van der Waals surface area contributed by atoms with E-state index in [1.54, 1.807) is 6.92 Å². The van der Waals surface area contributed by atoms with Gasteiger partial charge in [0.15, 0.2) is 5.13 Å². The fourth-order valence-electron chi connectivity index (χ4n) is 1.55. The molecule has 1 unspecified atom stereocenters. The van der Waals surface area contributed by atoms with E-state index in [-0.39, 0.29) is 23.4 Å². The summed E-state index contributed by atoms with van der Waals surface area (Å²) in [5.74, 6) is 0.0299. The highest BCUT2D eigenvalue weighted by molar-refractivity contribution is 7.18. The number of hydrogen-bond acceptors (Lipinski definition) is 6. The van der Waals surface area contributed by atoms with Gasteiger partial charge in [-0.05, 0) is 40.5 Å². The molecule has 0 saturated carbocycles.